The first-order chi connectivity index (χ1) is 13.7. The maximum atomic E-state index is 13.3. The Hall–Kier alpha value is -1.31. The number of hydrogen-bond acceptors (Lipinski definition) is 6. The van der Waals surface area contributed by atoms with Crippen molar-refractivity contribution in [3.63, 3.8) is 0 Å². The molecule has 0 heterocycles. The van der Waals surface area contributed by atoms with Crippen molar-refractivity contribution in [2.45, 2.75) is 39.7 Å². The molecule has 200 valence electrons. The molecule has 0 aromatic rings. The van der Waals surface area contributed by atoms with Crippen LogP contribution in [0, 0.1) is 0 Å². The third kappa shape index (κ3) is 4.30. The Morgan fingerprint density at radius 2 is 0.697 bits per heavy atom. The molecule has 0 aliphatic carbocycles. The minimum Gasteiger partial charge on any atom is -0.425 e. The van der Waals surface area contributed by atoms with Crippen LogP contribution >= 0.6 is 0 Å². The maximum Gasteiger partial charge on any atom is 0.460 e. The van der Waals surface area contributed by atoms with E-state index in [1.807, 2.05) is 0 Å². The SMILES string of the molecule is O=S(=O)(F)C(F)(F)C(F)(F)C(F)(F)S(=O)(=O)[N-]S(=O)(=O)C(F)(F)C(F)(F)C(F)(F)C(F)(F)F. The lowest BCUT2D eigenvalue weighted by Crippen LogP contribution is -2.64. The molecule has 0 N–H and O–H groups in total. The molecule has 0 aromatic heterocycles. The summed E-state index contributed by atoms with van der Waals surface area (Å²) in [7, 11) is -25.8. The second-order valence-corrected chi connectivity index (χ2v) is 10.1. The summed E-state index contributed by atoms with van der Waals surface area (Å²) in [5.41, 5.74) is 0. The van der Waals surface area contributed by atoms with E-state index in [0.29, 0.717) is 0 Å². The Morgan fingerprint density at radius 3 is 0.939 bits per heavy atom. The molecule has 0 saturated carbocycles. The molecule has 0 radical (unpaired) electrons. The van der Waals surface area contributed by atoms with E-state index in [2.05, 4.69) is 0 Å². The molecule has 0 bridgehead atoms. The van der Waals surface area contributed by atoms with Crippen LogP contribution in [-0.2, 0) is 30.3 Å². The molecule has 0 aliphatic heterocycles. The van der Waals surface area contributed by atoms with Gasteiger partial charge in [0, 0.05) is 0 Å². The second kappa shape index (κ2) is 7.59. The quantitative estimate of drug-likeness (QED) is 0.298. The van der Waals surface area contributed by atoms with Gasteiger partial charge < -0.3 is 4.13 Å². The van der Waals surface area contributed by atoms with Crippen molar-refractivity contribution in [1.82, 2.24) is 0 Å². The molecular formula is C7F16NO6S3-. The summed E-state index contributed by atoms with van der Waals surface area (Å²) in [4.78, 5) is 0. The smallest absolute Gasteiger partial charge is 0.425 e. The first-order valence-electron chi connectivity index (χ1n) is 6.22. The van der Waals surface area contributed by atoms with Gasteiger partial charge in [-0.1, -0.05) is 3.89 Å². The third-order valence-corrected chi connectivity index (χ3v) is 7.24. The Labute approximate surface area is 170 Å². The van der Waals surface area contributed by atoms with E-state index in [1.165, 1.54) is 0 Å². The topological polar surface area (TPSA) is 117 Å². The van der Waals surface area contributed by atoms with E-state index >= 15 is 0 Å². The third-order valence-electron chi connectivity index (χ3n) is 3.00. The summed E-state index contributed by atoms with van der Waals surface area (Å²) < 4.78 is 267. The lowest BCUT2D eigenvalue weighted by atomic mass is 10.1. The zero-order chi connectivity index (χ0) is 27.7. The van der Waals surface area contributed by atoms with Crippen LogP contribution in [0.15, 0.2) is 0 Å². The average Bonchev–Trinajstić information content (AvgIpc) is 2.50. The van der Waals surface area contributed by atoms with E-state index in [1.54, 1.807) is 0 Å². The highest BCUT2D eigenvalue weighted by atomic mass is 32.3. The normalized spacial score (nSPS) is 16.7. The van der Waals surface area contributed by atoms with Gasteiger partial charge in [0.15, 0.2) is 20.0 Å². The Morgan fingerprint density at radius 1 is 0.424 bits per heavy atom. The molecule has 33 heavy (non-hydrogen) atoms. The molecule has 0 amide bonds. The van der Waals surface area contributed by atoms with E-state index < -0.39 is 70.0 Å². The number of halogens is 16. The number of sulfonamides is 2. The van der Waals surface area contributed by atoms with Gasteiger partial charge >= 0.3 is 49.9 Å². The fourth-order valence-electron chi connectivity index (χ4n) is 1.23. The molecule has 0 aliphatic rings. The second-order valence-electron chi connectivity index (χ2n) is 5.23. The minimum absolute atomic E-state index is 0.0590. The average molecular weight is 594 g/mol. The summed E-state index contributed by atoms with van der Waals surface area (Å²) in [6.07, 6.45) is -7.76. The highest BCUT2D eigenvalue weighted by molar-refractivity contribution is 8.13. The highest BCUT2D eigenvalue weighted by Gasteiger charge is 2.85. The summed E-state index contributed by atoms with van der Waals surface area (Å²) in [5.74, 6) is -24.6. The summed E-state index contributed by atoms with van der Waals surface area (Å²) in [6.45, 7) is 0. The molecule has 0 aromatic carbocycles. The minimum atomic E-state index is -8.77. The van der Waals surface area contributed by atoms with Crippen LogP contribution in [-0.4, -0.2) is 65.0 Å². The first-order valence-corrected chi connectivity index (χ1v) is 10.5. The lowest BCUT2D eigenvalue weighted by Gasteiger charge is -2.38. The van der Waals surface area contributed by atoms with Gasteiger partial charge in [-0.25, -0.2) is 16.8 Å². The zero-order valence-corrected chi connectivity index (χ0v) is 16.1. The number of alkyl halides is 15. The largest absolute Gasteiger partial charge is 0.460 e. The van der Waals surface area contributed by atoms with Crippen molar-refractivity contribution in [2.24, 2.45) is 0 Å². The van der Waals surface area contributed by atoms with Crippen LogP contribution in [0.4, 0.5) is 69.7 Å². The lowest BCUT2D eigenvalue weighted by molar-refractivity contribution is -0.382. The van der Waals surface area contributed by atoms with Gasteiger partial charge in [0.2, 0.25) is 0 Å². The highest BCUT2D eigenvalue weighted by Crippen LogP contribution is 2.57. The van der Waals surface area contributed by atoms with Crippen LogP contribution in [0.3, 0.4) is 0 Å². The monoisotopic (exact) mass is 594 g/mol. The van der Waals surface area contributed by atoms with Crippen molar-refractivity contribution in [3.05, 3.63) is 4.13 Å². The Balaban J connectivity index is 6.79. The molecule has 0 unspecified atom stereocenters. The van der Waals surface area contributed by atoms with Crippen LogP contribution in [0.2, 0.25) is 0 Å². The number of rotatable bonds is 9. The van der Waals surface area contributed by atoms with Gasteiger partial charge in [0.1, 0.15) is 0 Å². The molecule has 26 heteroatoms. The van der Waals surface area contributed by atoms with Crippen molar-refractivity contribution in [1.29, 1.82) is 0 Å². The molecule has 0 saturated heterocycles. The van der Waals surface area contributed by atoms with E-state index in [0.717, 1.165) is 0 Å². The van der Waals surface area contributed by atoms with Gasteiger partial charge in [-0.3, -0.25) is 0 Å². The van der Waals surface area contributed by atoms with Crippen molar-refractivity contribution < 1.29 is 95.0 Å². The molecule has 0 spiro atoms. The van der Waals surface area contributed by atoms with E-state index in [9.17, 15) is 95.0 Å². The van der Waals surface area contributed by atoms with Crippen molar-refractivity contribution in [2.75, 3.05) is 0 Å². The fourth-order valence-corrected chi connectivity index (χ4v) is 4.42. The van der Waals surface area contributed by atoms with Crippen molar-refractivity contribution >= 4 is 30.3 Å². The molecule has 7 nitrogen and oxygen atoms in total. The van der Waals surface area contributed by atoms with Crippen LogP contribution in [0.1, 0.15) is 0 Å². The zero-order valence-electron chi connectivity index (χ0n) is 13.7. The van der Waals surface area contributed by atoms with E-state index in [-0.39, 0.29) is 4.13 Å². The van der Waals surface area contributed by atoms with Crippen LogP contribution in [0.25, 0.3) is 4.13 Å². The Bertz CT molecular complexity index is 1090. The molecule has 0 atom stereocenters. The van der Waals surface area contributed by atoms with Crippen LogP contribution < -0.4 is 0 Å². The summed E-state index contributed by atoms with van der Waals surface area (Å²) in [6, 6.07) is 0. The van der Waals surface area contributed by atoms with Gasteiger partial charge in [0.05, 0.1) is 0 Å². The van der Waals surface area contributed by atoms with Crippen LogP contribution in [0.5, 0.6) is 0 Å². The summed E-state index contributed by atoms with van der Waals surface area (Å²) >= 11 is 0. The van der Waals surface area contributed by atoms with E-state index in [4.69, 9.17) is 0 Å². The predicted molar refractivity (Wildman–Crippen MR) is 67.0 cm³/mol. The predicted octanol–water partition coefficient (Wildman–Crippen LogP) is 3.57. The maximum absolute atomic E-state index is 13.3. The number of nitrogens with zero attached hydrogens (tertiary/aromatic N) is 1. The van der Waals surface area contributed by atoms with Crippen molar-refractivity contribution in [3.8, 4) is 0 Å². The fraction of sp³-hybridized carbons (Fsp3) is 1.00. The molecule has 0 fully saturated rings. The molecular weight excluding hydrogens is 594 g/mol. The first kappa shape index (κ1) is 31.7. The summed E-state index contributed by atoms with van der Waals surface area (Å²) in [5, 5.41) is -24.1. The van der Waals surface area contributed by atoms with Gasteiger partial charge in [0.25, 0.3) is 0 Å². The Kier molecular flexibility index (Phi) is 7.29. The van der Waals surface area contributed by atoms with Gasteiger partial charge in [-0.05, 0) is 0 Å². The van der Waals surface area contributed by atoms with Gasteiger partial charge in [-0.2, -0.15) is 74.3 Å². The van der Waals surface area contributed by atoms with Gasteiger partial charge in [-0.15, -0.1) is 0 Å². The molecule has 0 rings (SSSR count). The number of hydrogen-bond donors (Lipinski definition) is 0. The standard InChI is InChI=1S/C7F16NO6S3/c8-1(9,4(14,15)16)2(10,11)6(19,20)32(27,28)24-33(29,30)7(21,22)3(12,13)5(17,18)31(23,25)26/q-1.